The van der Waals surface area contributed by atoms with Crippen LogP contribution in [0.2, 0.25) is 0 Å². The Morgan fingerprint density at radius 2 is 1.94 bits per heavy atom. The minimum absolute atomic E-state index is 0.263. The Balaban J connectivity index is 1.52. The summed E-state index contributed by atoms with van der Waals surface area (Å²) in [4.78, 5) is 23.1. The molecule has 0 radical (unpaired) electrons. The van der Waals surface area contributed by atoms with E-state index in [0.717, 1.165) is 53.0 Å². The molecule has 0 spiro atoms. The highest BCUT2D eigenvalue weighted by Crippen LogP contribution is 2.33. The number of methoxy groups -OCH3 is 1. The fourth-order valence-electron chi connectivity index (χ4n) is 3.56. The maximum atomic E-state index is 11.6. The molecule has 2 aromatic carbocycles. The Labute approximate surface area is 203 Å². The summed E-state index contributed by atoms with van der Waals surface area (Å²) in [6.45, 7) is 7.49. The highest BCUT2D eigenvalue weighted by molar-refractivity contribution is 7.99. The van der Waals surface area contributed by atoms with E-state index in [4.69, 9.17) is 4.74 Å². The van der Waals surface area contributed by atoms with Crippen LogP contribution in [-0.2, 0) is 4.79 Å². The zero-order valence-electron chi connectivity index (χ0n) is 19.3. The van der Waals surface area contributed by atoms with Crippen LogP contribution in [0.3, 0.4) is 0 Å². The van der Waals surface area contributed by atoms with Gasteiger partial charge in [0.15, 0.2) is 0 Å². The Morgan fingerprint density at radius 3 is 2.71 bits per heavy atom. The second kappa shape index (κ2) is 10.9. The predicted molar refractivity (Wildman–Crippen MR) is 141 cm³/mol. The molecule has 0 saturated carbocycles. The number of anilines is 6. The van der Waals surface area contributed by atoms with Gasteiger partial charge in [0.2, 0.25) is 11.9 Å². The van der Waals surface area contributed by atoms with Gasteiger partial charge in [0.05, 0.1) is 12.8 Å². The molecule has 1 saturated heterocycles. The van der Waals surface area contributed by atoms with Gasteiger partial charge in [-0.15, -0.1) is 0 Å². The van der Waals surface area contributed by atoms with E-state index >= 15 is 0 Å². The zero-order chi connectivity index (χ0) is 23.9. The van der Waals surface area contributed by atoms with Crippen LogP contribution in [0, 0.1) is 6.92 Å². The third kappa shape index (κ3) is 5.79. The highest BCUT2D eigenvalue weighted by atomic mass is 32.2. The van der Waals surface area contributed by atoms with Gasteiger partial charge in [0.1, 0.15) is 11.6 Å². The minimum atomic E-state index is -0.263. The Kier molecular flexibility index (Phi) is 7.54. The molecule has 2 heterocycles. The second-order valence-corrected chi connectivity index (χ2v) is 8.96. The molecule has 0 bridgehead atoms. The molecule has 1 amide bonds. The lowest BCUT2D eigenvalue weighted by atomic mass is 10.2. The van der Waals surface area contributed by atoms with E-state index in [1.807, 2.05) is 49.0 Å². The molecule has 9 heteroatoms. The van der Waals surface area contributed by atoms with Gasteiger partial charge < -0.3 is 25.6 Å². The molecular weight excluding hydrogens is 448 g/mol. The topological polar surface area (TPSA) is 91.4 Å². The molecule has 3 N–H and O–H groups in total. The summed E-state index contributed by atoms with van der Waals surface area (Å²) in [7, 11) is 1.66. The quantitative estimate of drug-likeness (QED) is 0.393. The Morgan fingerprint density at radius 1 is 1.15 bits per heavy atom. The fourth-order valence-corrected chi connectivity index (χ4v) is 4.46. The van der Waals surface area contributed by atoms with Crippen molar-refractivity contribution in [3.05, 3.63) is 66.9 Å². The summed E-state index contributed by atoms with van der Waals surface area (Å²) in [6.07, 6.45) is 2.99. The number of ether oxygens (including phenoxy) is 1. The molecule has 1 aliphatic rings. The number of nitrogens with zero attached hydrogens (tertiary/aromatic N) is 3. The van der Waals surface area contributed by atoms with Gasteiger partial charge in [-0.3, -0.25) is 4.79 Å². The number of hydrogen-bond donors (Lipinski definition) is 3. The number of carbonyl (C=O) groups excluding carboxylic acids is 1. The number of benzene rings is 2. The molecular formula is C25H28N6O2S. The lowest BCUT2D eigenvalue weighted by Gasteiger charge is -2.29. The van der Waals surface area contributed by atoms with Crippen molar-refractivity contribution in [1.82, 2.24) is 9.97 Å². The van der Waals surface area contributed by atoms with E-state index in [9.17, 15) is 4.79 Å². The summed E-state index contributed by atoms with van der Waals surface area (Å²) in [6, 6.07) is 13.5. The van der Waals surface area contributed by atoms with Crippen molar-refractivity contribution < 1.29 is 9.53 Å². The van der Waals surface area contributed by atoms with Crippen LogP contribution in [0.25, 0.3) is 0 Å². The summed E-state index contributed by atoms with van der Waals surface area (Å²) in [5.74, 6) is 3.86. The van der Waals surface area contributed by atoms with Gasteiger partial charge in [-0.05, 0) is 43.3 Å². The maximum absolute atomic E-state index is 11.6. The number of hydrogen-bond acceptors (Lipinski definition) is 8. The van der Waals surface area contributed by atoms with Crippen molar-refractivity contribution in [2.45, 2.75) is 6.92 Å². The molecule has 3 aromatic rings. The van der Waals surface area contributed by atoms with Gasteiger partial charge in [-0.25, -0.2) is 4.98 Å². The fraction of sp³-hybridized carbons (Fsp3) is 0.240. The molecule has 0 unspecified atom stereocenters. The van der Waals surface area contributed by atoms with E-state index in [2.05, 4.69) is 49.5 Å². The first-order chi connectivity index (χ1) is 16.6. The number of aromatic nitrogens is 2. The van der Waals surface area contributed by atoms with Crippen LogP contribution < -0.4 is 25.6 Å². The molecule has 0 aliphatic carbocycles. The van der Waals surface area contributed by atoms with E-state index in [-0.39, 0.29) is 5.91 Å². The van der Waals surface area contributed by atoms with E-state index < -0.39 is 0 Å². The third-order valence-electron chi connectivity index (χ3n) is 5.36. The largest absolute Gasteiger partial charge is 0.494 e. The van der Waals surface area contributed by atoms with Gasteiger partial charge in [0, 0.05) is 59.5 Å². The second-order valence-electron chi connectivity index (χ2n) is 7.73. The van der Waals surface area contributed by atoms with Gasteiger partial charge in [-0.2, -0.15) is 16.7 Å². The van der Waals surface area contributed by atoms with Crippen LogP contribution in [0.4, 0.5) is 34.5 Å². The van der Waals surface area contributed by atoms with Crippen LogP contribution in [0.15, 0.2) is 61.3 Å². The first-order valence-electron chi connectivity index (χ1n) is 11.0. The molecule has 8 nitrogen and oxygen atoms in total. The number of nitrogens with one attached hydrogen (secondary N) is 3. The third-order valence-corrected chi connectivity index (χ3v) is 6.30. The molecule has 34 heavy (non-hydrogen) atoms. The predicted octanol–water partition coefficient (Wildman–Crippen LogP) is 4.96. The summed E-state index contributed by atoms with van der Waals surface area (Å²) in [5, 5.41) is 9.33. The number of aryl methyl sites for hydroxylation is 1. The summed E-state index contributed by atoms with van der Waals surface area (Å²) >= 11 is 1.99. The Bertz CT molecular complexity index is 1180. The summed E-state index contributed by atoms with van der Waals surface area (Å²) < 4.78 is 5.65. The molecule has 4 rings (SSSR count). The number of rotatable bonds is 8. The normalized spacial score (nSPS) is 13.2. The van der Waals surface area contributed by atoms with Crippen LogP contribution in [0.5, 0.6) is 5.75 Å². The van der Waals surface area contributed by atoms with Crippen molar-refractivity contribution in [3.8, 4) is 5.75 Å². The average molecular weight is 477 g/mol. The lowest BCUT2D eigenvalue weighted by molar-refractivity contribution is -0.111. The number of thioether (sulfide) groups is 1. The zero-order valence-corrected chi connectivity index (χ0v) is 20.1. The lowest BCUT2D eigenvalue weighted by Crippen LogP contribution is -2.32. The molecule has 1 aliphatic heterocycles. The number of amides is 1. The van der Waals surface area contributed by atoms with Crippen molar-refractivity contribution >= 4 is 52.2 Å². The highest BCUT2D eigenvalue weighted by Gasteiger charge is 2.14. The monoisotopic (exact) mass is 476 g/mol. The summed E-state index contributed by atoms with van der Waals surface area (Å²) in [5.41, 5.74) is 4.28. The van der Waals surface area contributed by atoms with Crippen molar-refractivity contribution in [1.29, 1.82) is 0 Å². The first-order valence-corrected chi connectivity index (χ1v) is 12.1. The van der Waals surface area contributed by atoms with Crippen LogP contribution >= 0.6 is 11.8 Å². The smallest absolute Gasteiger partial charge is 0.247 e. The molecule has 1 aromatic heterocycles. The van der Waals surface area contributed by atoms with Crippen molar-refractivity contribution in [2.75, 3.05) is 52.6 Å². The minimum Gasteiger partial charge on any atom is -0.494 e. The van der Waals surface area contributed by atoms with Crippen molar-refractivity contribution in [2.24, 2.45) is 0 Å². The van der Waals surface area contributed by atoms with E-state index in [0.29, 0.717) is 17.5 Å². The van der Waals surface area contributed by atoms with Gasteiger partial charge in [-0.1, -0.05) is 12.6 Å². The molecule has 0 atom stereocenters. The maximum Gasteiger partial charge on any atom is 0.247 e. The SMILES string of the molecule is C=CC(=O)Nc1cccc(Nc2nc(Nc3ccc(N4CCSCC4)cc3OC)ncc2C)c1. The van der Waals surface area contributed by atoms with E-state index in [1.165, 1.54) is 6.08 Å². The average Bonchev–Trinajstić information content (AvgIpc) is 2.87. The van der Waals surface area contributed by atoms with Crippen LogP contribution in [-0.4, -0.2) is 47.6 Å². The van der Waals surface area contributed by atoms with E-state index in [1.54, 1.807) is 13.3 Å². The van der Waals surface area contributed by atoms with Gasteiger partial charge >= 0.3 is 0 Å². The van der Waals surface area contributed by atoms with Crippen molar-refractivity contribution in [3.63, 3.8) is 0 Å². The first kappa shape index (κ1) is 23.4. The standard InChI is InChI=1S/C25H28N6O2S/c1-4-23(32)27-18-6-5-7-19(14-18)28-24-17(2)16-26-25(30-24)29-21-9-8-20(15-22(21)33-3)31-10-12-34-13-11-31/h4-9,14-16H,1,10-13H2,2-3H3,(H,27,32)(H2,26,28,29,30). The molecule has 176 valence electrons. The van der Waals surface area contributed by atoms with Crippen LogP contribution in [0.1, 0.15) is 5.56 Å². The van der Waals surface area contributed by atoms with Gasteiger partial charge in [0.25, 0.3) is 0 Å². The molecule has 1 fully saturated rings. The number of carbonyl (C=O) groups is 1. The Hall–Kier alpha value is -3.72.